The number of hydrogen-bond acceptors (Lipinski definition) is 4. The second kappa shape index (κ2) is 5.01. The molecule has 20 heavy (non-hydrogen) atoms. The molecule has 0 bridgehead atoms. The van der Waals surface area contributed by atoms with Gasteiger partial charge in [-0.05, 0) is 40.9 Å². The van der Waals surface area contributed by atoms with Crippen LogP contribution in [0.4, 0.5) is 5.82 Å². The number of aryl methyl sites for hydroxylation is 1. The SMILES string of the molecule is COc1cc(-c2cc(N)n(C)n2)cc(Br)c1OC1CC1. The Hall–Kier alpha value is -1.69. The zero-order valence-electron chi connectivity index (χ0n) is 11.4. The molecule has 1 fully saturated rings. The van der Waals surface area contributed by atoms with E-state index in [1.54, 1.807) is 11.8 Å². The van der Waals surface area contributed by atoms with Crippen LogP contribution in [0.1, 0.15) is 12.8 Å². The fourth-order valence-corrected chi connectivity index (χ4v) is 2.49. The predicted octanol–water partition coefficient (Wildman–Crippen LogP) is 2.98. The number of methoxy groups -OCH3 is 1. The van der Waals surface area contributed by atoms with E-state index in [0.717, 1.165) is 34.3 Å². The summed E-state index contributed by atoms with van der Waals surface area (Å²) in [6, 6.07) is 5.73. The molecule has 1 saturated carbocycles. The van der Waals surface area contributed by atoms with Crippen LogP contribution in [0.15, 0.2) is 22.7 Å². The van der Waals surface area contributed by atoms with Gasteiger partial charge in [0.15, 0.2) is 11.5 Å². The number of hydrogen-bond donors (Lipinski definition) is 1. The second-order valence-electron chi connectivity index (χ2n) is 4.88. The summed E-state index contributed by atoms with van der Waals surface area (Å²) in [4.78, 5) is 0. The summed E-state index contributed by atoms with van der Waals surface area (Å²) in [5.74, 6) is 2.07. The Morgan fingerprint density at radius 2 is 2.10 bits per heavy atom. The highest BCUT2D eigenvalue weighted by Crippen LogP contribution is 2.42. The van der Waals surface area contributed by atoms with E-state index in [0.29, 0.717) is 17.7 Å². The minimum atomic E-state index is 0.316. The molecule has 0 radical (unpaired) electrons. The van der Waals surface area contributed by atoms with Gasteiger partial charge in [-0.2, -0.15) is 5.10 Å². The molecule has 1 aliphatic rings. The zero-order chi connectivity index (χ0) is 14.3. The van der Waals surface area contributed by atoms with Gasteiger partial charge in [0, 0.05) is 18.7 Å². The average Bonchev–Trinajstić information content (AvgIpc) is 3.17. The largest absolute Gasteiger partial charge is 0.493 e. The van der Waals surface area contributed by atoms with Crippen molar-refractivity contribution in [2.24, 2.45) is 7.05 Å². The lowest BCUT2D eigenvalue weighted by molar-refractivity contribution is 0.280. The molecule has 106 valence electrons. The molecule has 0 saturated heterocycles. The van der Waals surface area contributed by atoms with E-state index in [2.05, 4.69) is 21.0 Å². The normalized spacial score (nSPS) is 14.3. The lowest BCUT2D eigenvalue weighted by Crippen LogP contribution is -2.00. The maximum Gasteiger partial charge on any atom is 0.175 e. The van der Waals surface area contributed by atoms with E-state index in [4.69, 9.17) is 15.2 Å². The molecule has 1 aliphatic carbocycles. The maximum absolute atomic E-state index is 5.88. The Kier molecular flexibility index (Phi) is 3.33. The fraction of sp³-hybridized carbons (Fsp3) is 0.357. The minimum absolute atomic E-state index is 0.316. The van der Waals surface area contributed by atoms with Crippen LogP contribution in [0, 0.1) is 0 Å². The zero-order valence-corrected chi connectivity index (χ0v) is 13.0. The molecule has 2 N–H and O–H groups in total. The van der Waals surface area contributed by atoms with Crippen molar-refractivity contribution in [2.75, 3.05) is 12.8 Å². The van der Waals surface area contributed by atoms with Crippen molar-refractivity contribution in [3.05, 3.63) is 22.7 Å². The van der Waals surface area contributed by atoms with Crippen molar-refractivity contribution < 1.29 is 9.47 Å². The van der Waals surface area contributed by atoms with Gasteiger partial charge in [-0.25, -0.2) is 0 Å². The predicted molar refractivity (Wildman–Crippen MR) is 81.0 cm³/mol. The van der Waals surface area contributed by atoms with Crippen molar-refractivity contribution in [2.45, 2.75) is 18.9 Å². The van der Waals surface area contributed by atoms with Gasteiger partial charge in [0.25, 0.3) is 0 Å². The smallest absolute Gasteiger partial charge is 0.175 e. The molecule has 0 aliphatic heterocycles. The molecule has 1 aromatic heterocycles. The van der Waals surface area contributed by atoms with E-state index in [1.165, 1.54) is 0 Å². The number of ether oxygens (including phenoxy) is 2. The van der Waals surface area contributed by atoms with Crippen LogP contribution in [0.2, 0.25) is 0 Å². The highest BCUT2D eigenvalue weighted by atomic mass is 79.9. The molecule has 0 amide bonds. The summed E-state index contributed by atoms with van der Waals surface area (Å²) < 4.78 is 13.8. The third-order valence-corrected chi connectivity index (χ3v) is 3.84. The van der Waals surface area contributed by atoms with Gasteiger partial charge in [-0.3, -0.25) is 4.68 Å². The molecule has 0 unspecified atom stereocenters. The van der Waals surface area contributed by atoms with Crippen LogP contribution in [-0.2, 0) is 7.05 Å². The molecular formula is C14H16BrN3O2. The summed E-state index contributed by atoms with van der Waals surface area (Å²) in [6.45, 7) is 0. The van der Waals surface area contributed by atoms with Crippen LogP contribution in [0.5, 0.6) is 11.5 Å². The first-order chi connectivity index (χ1) is 9.58. The number of rotatable bonds is 4. The summed E-state index contributed by atoms with van der Waals surface area (Å²) >= 11 is 3.55. The number of nitrogens with zero attached hydrogens (tertiary/aromatic N) is 2. The van der Waals surface area contributed by atoms with Gasteiger partial charge in [-0.1, -0.05) is 0 Å². The molecule has 0 spiro atoms. The standard InChI is InChI=1S/C14H16BrN3O2/c1-18-13(16)7-11(17-18)8-5-10(15)14(12(6-8)19-2)20-9-3-4-9/h5-7,9H,3-4,16H2,1-2H3. The quantitative estimate of drug-likeness (QED) is 0.931. The number of aromatic nitrogens is 2. The van der Waals surface area contributed by atoms with E-state index < -0.39 is 0 Å². The Bertz CT molecular complexity index is 631. The molecule has 1 heterocycles. The molecule has 6 heteroatoms. The van der Waals surface area contributed by atoms with Crippen LogP contribution in [0.3, 0.4) is 0 Å². The topological polar surface area (TPSA) is 62.3 Å². The maximum atomic E-state index is 5.88. The number of nitrogen functional groups attached to an aromatic ring is 1. The van der Waals surface area contributed by atoms with Gasteiger partial charge in [-0.15, -0.1) is 0 Å². The molecule has 5 nitrogen and oxygen atoms in total. The van der Waals surface area contributed by atoms with Crippen molar-refractivity contribution in [1.82, 2.24) is 9.78 Å². The van der Waals surface area contributed by atoms with E-state index in [-0.39, 0.29) is 0 Å². The Balaban J connectivity index is 2.02. The number of nitrogens with two attached hydrogens (primary N) is 1. The van der Waals surface area contributed by atoms with Crippen molar-refractivity contribution in [3.8, 4) is 22.8 Å². The number of benzene rings is 1. The van der Waals surface area contributed by atoms with Gasteiger partial charge in [0.05, 0.1) is 23.4 Å². The monoisotopic (exact) mass is 337 g/mol. The third kappa shape index (κ3) is 2.47. The Labute approximate surface area is 125 Å². The van der Waals surface area contributed by atoms with Crippen molar-refractivity contribution in [1.29, 1.82) is 0 Å². The lowest BCUT2D eigenvalue weighted by Gasteiger charge is -2.13. The molecule has 2 aromatic rings. The first-order valence-corrected chi connectivity index (χ1v) is 7.22. The fourth-order valence-electron chi connectivity index (χ4n) is 1.96. The second-order valence-corrected chi connectivity index (χ2v) is 5.74. The van der Waals surface area contributed by atoms with Crippen LogP contribution < -0.4 is 15.2 Å². The van der Waals surface area contributed by atoms with E-state index in [1.807, 2.05) is 25.2 Å². The molecule has 3 rings (SSSR count). The minimum Gasteiger partial charge on any atom is -0.493 e. The van der Waals surface area contributed by atoms with Gasteiger partial charge >= 0.3 is 0 Å². The van der Waals surface area contributed by atoms with Crippen molar-refractivity contribution >= 4 is 21.7 Å². The van der Waals surface area contributed by atoms with Crippen LogP contribution in [-0.4, -0.2) is 23.0 Å². The van der Waals surface area contributed by atoms with E-state index >= 15 is 0 Å². The average molecular weight is 338 g/mol. The van der Waals surface area contributed by atoms with Crippen LogP contribution >= 0.6 is 15.9 Å². The van der Waals surface area contributed by atoms with Crippen LogP contribution in [0.25, 0.3) is 11.3 Å². The summed E-state index contributed by atoms with van der Waals surface area (Å²) in [5.41, 5.74) is 7.57. The first-order valence-electron chi connectivity index (χ1n) is 6.42. The van der Waals surface area contributed by atoms with Gasteiger partial charge in [0.2, 0.25) is 0 Å². The lowest BCUT2D eigenvalue weighted by atomic mass is 10.1. The number of halogens is 1. The van der Waals surface area contributed by atoms with Crippen molar-refractivity contribution in [3.63, 3.8) is 0 Å². The van der Waals surface area contributed by atoms with E-state index in [9.17, 15) is 0 Å². The first kappa shape index (κ1) is 13.3. The molecule has 0 atom stereocenters. The van der Waals surface area contributed by atoms with Gasteiger partial charge in [0.1, 0.15) is 5.82 Å². The highest BCUT2D eigenvalue weighted by molar-refractivity contribution is 9.10. The summed E-state index contributed by atoms with van der Waals surface area (Å²) in [7, 11) is 3.45. The molecule has 1 aromatic carbocycles. The number of anilines is 1. The summed E-state index contributed by atoms with van der Waals surface area (Å²) in [6.07, 6.45) is 2.53. The molecular weight excluding hydrogens is 322 g/mol. The third-order valence-electron chi connectivity index (χ3n) is 3.25. The highest BCUT2D eigenvalue weighted by Gasteiger charge is 2.26. The van der Waals surface area contributed by atoms with Gasteiger partial charge < -0.3 is 15.2 Å². The summed E-state index contributed by atoms with van der Waals surface area (Å²) in [5, 5.41) is 4.37. The Morgan fingerprint density at radius 1 is 1.35 bits per heavy atom. The Morgan fingerprint density at radius 3 is 2.65 bits per heavy atom.